The summed E-state index contributed by atoms with van der Waals surface area (Å²) in [5, 5.41) is 0.175. The van der Waals surface area contributed by atoms with Gasteiger partial charge in [0.1, 0.15) is 10.0 Å². The first-order valence-corrected chi connectivity index (χ1v) is 8.32. The van der Waals surface area contributed by atoms with E-state index in [1.54, 1.807) is 0 Å². The Balaban J connectivity index is 1.95. The maximum absolute atomic E-state index is 12.4. The molecule has 0 spiro atoms. The second-order valence-electron chi connectivity index (χ2n) is 4.66. The summed E-state index contributed by atoms with van der Waals surface area (Å²) in [6, 6.07) is 7.24. The predicted octanol–water partition coefficient (Wildman–Crippen LogP) is 3.27. The van der Waals surface area contributed by atoms with Gasteiger partial charge in [0.2, 0.25) is 10.0 Å². The van der Waals surface area contributed by atoms with Crippen LogP contribution in [0.5, 0.6) is 0 Å². The minimum atomic E-state index is -4.39. The summed E-state index contributed by atoms with van der Waals surface area (Å²) in [6.45, 7) is 0.0519. The molecule has 2 rings (SSSR count). The van der Waals surface area contributed by atoms with E-state index in [-0.39, 0.29) is 23.0 Å². The number of rotatable bonds is 5. The van der Waals surface area contributed by atoms with Gasteiger partial charge in [0.05, 0.1) is 5.56 Å². The molecule has 4 nitrogen and oxygen atoms in total. The van der Waals surface area contributed by atoms with Crippen molar-refractivity contribution in [3.63, 3.8) is 0 Å². The van der Waals surface area contributed by atoms with E-state index in [0.29, 0.717) is 5.56 Å². The summed E-state index contributed by atoms with van der Waals surface area (Å²) in [5.41, 5.74) is -0.149. The average molecular weight is 365 g/mol. The third kappa shape index (κ3) is 4.92. The Morgan fingerprint density at radius 1 is 1.09 bits per heavy atom. The first-order chi connectivity index (χ1) is 10.7. The van der Waals surface area contributed by atoms with E-state index >= 15 is 0 Å². The molecule has 0 bridgehead atoms. The topological polar surface area (TPSA) is 59.1 Å². The van der Waals surface area contributed by atoms with E-state index < -0.39 is 21.8 Å². The Morgan fingerprint density at radius 2 is 1.74 bits per heavy atom. The molecule has 0 aliphatic carbocycles. The van der Waals surface area contributed by atoms with Gasteiger partial charge in [0.15, 0.2) is 0 Å². The van der Waals surface area contributed by atoms with Gasteiger partial charge in [-0.1, -0.05) is 23.7 Å². The van der Waals surface area contributed by atoms with Crippen LogP contribution in [-0.2, 0) is 22.6 Å². The number of alkyl halides is 3. The van der Waals surface area contributed by atoms with Crippen molar-refractivity contribution in [2.45, 2.75) is 17.5 Å². The molecule has 0 unspecified atom stereocenters. The lowest BCUT2D eigenvalue weighted by Crippen LogP contribution is -2.26. The van der Waals surface area contributed by atoms with E-state index in [1.165, 1.54) is 24.3 Å². The minimum Gasteiger partial charge on any atom is -0.243 e. The average Bonchev–Trinajstić information content (AvgIpc) is 2.47. The molecule has 1 aromatic carbocycles. The number of pyridine rings is 1. The van der Waals surface area contributed by atoms with Crippen LogP contribution < -0.4 is 4.72 Å². The number of aromatic nitrogens is 1. The maximum Gasteiger partial charge on any atom is 0.416 e. The van der Waals surface area contributed by atoms with Crippen molar-refractivity contribution in [2.24, 2.45) is 0 Å². The highest BCUT2D eigenvalue weighted by molar-refractivity contribution is 7.89. The Morgan fingerprint density at radius 3 is 2.26 bits per heavy atom. The predicted molar refractivity (Wildman–Crippen MR) is 79.6 cm³/mol. The lowest BCUT2D eigenvalue weighted by molar-refractivity contribution is -0.137. The summed E-state index contributed by atoms with van der Waals surface area (Å²) in [7, 11) is -3.73. The normalized spacial score (nSPS) is 12.3. The highest BCUT2D eigenvalue weighted by Gasteiger charge is 2.29. The highest BCUT2D eigenvalue weighted by Crippen LogP contribution is 2.29. The molecule has 9 heteroatoms. The first-order valence-electron chi connectivity index (χ1n) is 6.46. The number of hydrogen-bond donors (Lipinski definition) is 1. The quantitative estimate of drug-likeness (QED) is 0.828. The Labute approximate surface area is 136 Å². The van der Waals surface area contributed by atoms with Crippen molar-refractivity contribution in [1.29, 1.82) is 0 Å². The van der Waals surface area contributed by atoms with Gasteiger partial charge in [-0.25, -0.2) is 18.1 Å². The fourth-order valence-corrected chi connectivity index (χ4v) is 2.88. The van der Waals surface area contributed by atoms with Crippen LogP contribution in [-0.4, -0.2) is 19.9 Å². The summed E-state index contributed by atoms with van der Waals surface area (Å²) >= 11 is 5.58. The van der Waals surface area contributed by atoms with Crippen LogP contribution in [0.1, 0.15) is 11.1 Å². The molecular formula is C14H12ClF3N2O2S. The van der Waals surface area contributed by atoms with Crippen molar-refractivity contribution in [3.05, 3.63) is 58.9 Å². The molecule has 23 heavy (non-hydrogen) atoms. The van der Waals surface area contributed by atoms with Gasteiger partial charge in [-0.05, 0) is 36.2 Å². The standard InChI is InChI=1S/C14H12ClF3N2O2S/c15-13-6-5-12(9-19-13)23(21,22)20-8-7-10-1-3-11(4-2-10)14(16,17)18/h1-6,9,20H,7-8H2. The largest absolute Gasteiger partial charge is 0.416 e. The van der Waals surface area contributed by atoms with Crippen molar-refractivity contribution in [3.8, 4) is 0 Å². The van der Waals surface area contributed by atoms with Crippen molar-refractivity contribution >= 4 is 21.6 Å². The minimum absolute atomic E-state index is 0.0330. The summed E-state index contributed by atoms with van der Waals surface area (Å²) < 4.78 is 63.6. The van der Waals surface area contributed by atoms with Crippen LogP contribution in [0, 0.1) is 0 Å². The number of nitrogens with zero attached hydrogens (tertiary/aromatic N) is 1. The smallest absolute Gasteiger partial charge is 0.243 e. The fraction of sp³-hybridized carbons (Fsp3) is 0.214. The molecule has 0 radical (unpaired) electrons. The maximum atomic E-state index is 12.4. The lowest BCUT2D eigenvalue weighted by atomic mass is 10.1. The summed E-state index contributed by atoms with van der Waals surface area (Å²) in [5.74, 6) is 0. The van der Waals surface area contributed by atoms with Gasteiger partial charge in [-0.3, -0.25) is 0 Å². The second kappa shape index (κ2) is 6.86. The molecule has 124 valence electrons. The fourth-order valence-electron chi connectivity index (χ4n) is 1.79. The monoisotopic (exact) mass is 364 g/mol. The molecule has 0 aliphatic rings. The van der Waals surface area contributed by atoms with E-state index in [4.69, 9.17) is 11.6 Å². The third-order valence-electron chi connectivity index (χ3n) is 3.00. The highest BCUT2D eigenvalue weighted by atomic mass is 35.5. The summed E-state index contributed by atoms with van der Waals surface area (Å²) in [4.78, 5) is 3.65. The van der Waals surface area contributed by atoms with Crippen LogP contribution in [0.4, 0.5) is 13.2 Å². The van der Waals surface area contributed by atoms with Crippen LogP contribution in [0.3, 0.4) is 0 Å². The van der Waals surface area contributed by atoms with Crippen molar-refractivity contribution < 1.29 is 21.6 Å². The van der Waals surface area contributed by atoms with Gasteiger partial charge in [0, 0.05) is 12.7 Å². The van der Waals surface area contributed by atoms with E-state index in [0.717, 1.165) is 18.3 Å². The summed E-state index contributed by atoms with van der Waals surface area (Å²) in [6.07, 6.45) is -3.00. The molecule has 0 fully saturated rings. The zero-order chi connectivity index (χ0) is 17.1. The first kappa shape index (κ1) is 17.7. The zero-order valence-electron chi connectivity index (χ0n) is 11.6. The molecule has 2 aromatic rings. The van der Waals surface area contributed by atoms with Crippen LogP contribution >= 0.6 is 11.6 Å². The van der Waals surface area contributed by atoms with E-state index in [2.05, 4.69) is 9.71 Å². The number of benzene rings is 1. The molecule has 0 saturated carbocycles. The molecule has 1 aromatic heterocycles. The lowest BCUT2D eigenvalue weighted by Gasteiger charge is -2.09. The molecular weight excluding hydrogens is 353 g/mol. The van der Waals surface area contributed by atoms with E-state index in [9.17, 15) is 21.6 Å². The number of sulfonamides is 1. The molecule has 1 N–H and O–H groups in total. The van der Waals surface area contributed by atoms with Gasteiger partial charge >= 0.3 is 6.18 Å². The zero-order valence-corrected chi connectivity index (χ0v) is 13.2. The number of nitrogens with one attached hydrogen (secondary N) is 1. The van der Waals surface area contributed by atoms with Gasteiger partial charge in [-0.2, -0.15) is 13.2 Å². The van der Waals surface area contributed by atoms with Crippen LogP contribution in [0.25, 0.3) is 0 Å². The molecule has 1 heterocycles. The Bertz CT molecular complexity index is 760. The van der Waals surface area contributed by atoms with Crippen molar-refractivity contribution in [2.75, 3.05) is 6.54 Å². The van der Waals surface area contributed by atoms with Gasteiger partial charge in [0.25, 0.3) is 0 Å². The van der Waals surface area contributed by atoms with E-state index in [1.807, 2.05) is 0 Å². The van der Waals surface area contributed by atoms with Gasteiger partial charge in [-0.15, -0.1) is 0 Å². The Kier molecular flexibility index (Phi) is 5.28. The molecule has 0 atom stereocenters. The number of hydrogen-bond acceptors (Lipinski definition) is 3. The molecule has 0 saturated heterocycles. The van der Waals surface area contributed by atoms with Gasteiger partial charge < -0.3 is 0 Å². The van der Waals surface area contributed by atoms with Crippen LogP contribution in [0.15, 0.2) is 47.5 Å². The Hall–Kier alpha value is -1.64. The third-order valence-corrected chi connectivity index (χ3v) is 4.67. The second-order valence-corrected chi connectivity index (χ2v) is 6.81. The molecule has 0 amide bonds. The molecule has 0 aliphatic heterocycles. The number of halogens is 4. The SMILES string of the molecule is O=S(=O)(NCCc1ccc(C(F)(F)F)cc1)c1ccc(Cl)nc1. The van der Waals surface area contributed by atoms with Crippen LogP contribution in [0.2, 0.25) is 5.15 Å². The van der Waals surface area contributed by atoms with Crippen molar-refractivity contribution in [1.82, 2.24) is 9.71 Å².